The van der Waals surface area contributed by atoms with Crippen molar-refractivity contribution in [1.29, 1.82) is 0 Å². The van der Waals surface area contributed by atoms with Gasteiger partial charge in [0.05, 0.1) is 27.7 Å². The molecule has 0 fully saturated rings. The van der Waals surface area contributed by atoms with Gasteiger partial charge in [0, 0.05) is 12.8 Å². The molecule has 0 N–H and O–H groups in total. The molecule has 0 spiro atoms. The molecular formula is C62H104NO8P. The highest BCUT2D eigenvalue weighted by atomic mass is 31.2. The second-order valence-corrected chi connectivity index (χ2v) is 20.9. The van der Waals surface area contributed by atoms with E-state index >= 15 is 0 Å². The van der Waals surface area contributed by atoms with Gasteiger partial charge >= 0.3 is 11.9 Å². The fourth-order valence-electron chi connectivity index (χ4n) is 7.18. The lowest BCUT2D eigenvalue weighted by atomic mass is 10.0. The van der Waals surface area contributed by atoms with Crippen molar-refractivity contribution >= 4 is 19.8 Å². The lowest BCUT2D eigenvalue weighted by Crippen LogP contribution is -2.37. The molecule has 0 aromatic rings. The first kappa shape index (κ1) is 68.4. The van der Waals surface area contributed by atoms with E-state index in [2.05, 4.69) is 135 Å². The summed E-state index contributed by atoms with van der Waals surface area (Å²) in [4.78, 5) is 37.8. The number of allylic oxidation sites excluding steroid dienone is 20. The molecule has 0 radical (unpaired) electrons. The number of phosphoric ester groups is 1. The monoisotopic (exact) mass is 1020 g/mol. The number of rotatable bonds is 50. The smallest absolute Gasteiger partial charge is 0.306 e. The number of unbranched alkanes of at least 4 members (excludes halogenated alkanes) is 16. The molecule has 0 aromatic heterocycles. The van der Waals surface area contributed by atoms with E-state index in [0.29, 0.717) is 23.9 Å². The first-order valence-corrected chi connectivity index (χ1v) is 29.7. The Morgan fingerprint density at radius 1 is 0.431 bits per heavy atom. The number of hydrogen-bond donors (Lipinski definition) is 0. The number of nitrogens with zero attached hydrogens (tertiary/aromatic N) is 1. The summed E-state index contributed by atoms with van der Waals surface area (Å²) in [5, 5.41) is 0. The SMILES string of the molecule is CC/C=C\C/C=C\C/C=C\C/C=C\C/C=C\C/C=C\CCCCCCCCCCCCCCCCC(=O)OC(COC(=O)CCCC/C=C\C/C=C\C/C=C\C/C=C\CC)COP(=O)([O-])OCC[N+](C)(C)C. The molecule has 2 unspecified atom stereocenters. The van der Waals surface area contributed by atoms with Gasteiger partial charge in [-0.05, 0) is 103 Å². The Hall–Kier alpha value is -3.59. The molecule has 410 valence electrons. The Balaban J connectivity index is 4.14. The number of hydrogen-bond acceptors (Lipinski definition) is 8. The van der Waals surface area contributed by atoms with Crippen molar-refractivity contribution in [3.8, 4) is 0 Å². The van der Waals surface area contributed by atoms with Crippen molar-refractivity contribution in [3.63, 3.8) is 0 Å². The van der Waals surface area contributed by atoms with Crippen LogP contribution in [-0.2, 0) is 32.7 Å². The molecule has 0 heterocycles. The summed E-state index contributed by atoms with van der Waals surface area (Å²) in [5.41, 5.74) is 0. The van der Waals surface area contributed by atoms with Crippen LogP contribution in [0.5, 0.6) is 0 Å². The minimum atomic E-state index is -4.65. The zero-order valence-corrected chi connectivity index (χ0v) is 47.2. The summed E-state index contributed by atoms with van der Waals surface area (Å²) in [6.45, 7) is 3.94. The minimum absolute atomic E-state index is 0.0433. The van der Waals surface area contributed by atoms with Gasteiger partial charge in [-0.2, -0.15) is 0 Å². The summed E-state index contributed by atoms with van der Waals surface area (Å²) in [6, 6.07) is 0. The van der Waals surface area contributed by atoms with Crippen LogP contribution in [0, 0.1) is 0 Å². The molecule has 0 aliphatic carbocycles. The quantitative estimate of drug-likeness (QED) is 0.0195. The van der Waals surface area contributed by atoms with E-state index in [1.807, 2.05) is 21.1 Å². The number of carbonyl (C=O) groups is 2. The van der Waals surface area contributed by atoms with Crippen LogP contribution < -0.4 is 4.89 Å². The average Bonchev–Trinajstić information content (AvgIpc) is 3.34. The maximum atomic E-state index is 12.8. The second-order valence-electron chi connectivity index (χ2n) is 19.5. The van der Waals surface area contributed by atoms with Gasteiger partial charge in [0.1, 0.15) is 19.8 Å². The maximum absolute atomic E-state index is 12.8. The third-order valence-corrected chi connectivity index (χ3v) is 12.4. The number of esters is 2. The van der Waals surface area contributed by atoms with E-state index in [1.54, 1.807) is 0 Å². The third-order valence-electron chi connectivity index (χ3n) is 11.5. The topological polar surface area (TPSA) is 111 Å². The number of likely N-dealkylation sites (N-methyl/N-ethyl adjacent to an activating group) is 1. The summed E-state index contributed by atoms with van der Waals surface area (Å²) >= 11 is 0. The molecule has 72 heavy (non-hydrogen) atoms. The Bertz CT molecular complexity index is 1630. The zero-order chi connectivity index (χ0) is 52.7. The number of carbonyl (C=O) groups excluding carboxylic acids is 2. The summed E-state index contributed by atoms with van der Waals surface area (Å²) in [7, 11) is 1.13. The molecule has 0 aromatic carbocycles. The molecule has 0 aliphatic rings. The molecule has 0 aliphatic heterocycles. The van der Waals surface area contributed by atoms with E-state index in [4.69, 9.17) is 18.5 Å². The van der Waals surface area contributed by atoms with Crippen molar-refractivity contribution in [1.82, 2.24) is 0 Å². The summed E-state index contributed by atoms with van der Waals surface area (Å²) in [5.74, 6) is -0.890. The van der Waals surface area contributed by atoms with Gasteiger partial charge in [-0.15, -0.1) is 0 Å². The van der Waals surface area contributed by atoms with Gasteiger partial charge in [0.25, 0.3) is 7.82 Å². The molecule has 0 amide bonds. The molecule has 9 nitrogen and oxygen atoms in total. The highest BCUT2D eigenvalue weighted by Gasteiger charge is 2.21. The van der Waals surface area contributed by atoms with Crippen molar-refractivity contribution < 1.29 is 42.1 Å². The maximum Gasteiger partial charge on any atom is 0.306 e. The van der Waals surface area contributed by atoms with Gasteiger partial charge in [-0.3, -0.25) is 14.2 Å². The largest absolute Gasteiger partial charge is 0.756 e. The van der Waals surface area contributed by atoms with Crippen molar-refractivity contribution in [2.24, 2.45) is 0 Å². The van der Waals surface area contributed by atoms with E-state index in [9.17, 15) is 19.0 Å². The predicted molar refractivity (Wildman–Crippen MR) is 305 cm³/mol. The van der Waals surface area contributed by atoms with Gasteiger partial charge in [-0.1, -0.05) is 212 Å². The first-order valence-electron chi connectivity index (χ1n) is 28.2. The van der Waals surface area contributed by atoms with Gasteiger partial charge < -0.3 is 27.9 Å². The summed E-state index contributed by atoms with van der Waals surface area (Å²) in [6.07, 6.45) is 74.0. The lowest BCUT2D eigenvalue weighted by molar-refractivity contribution is -0.870. The Labute approximate surface area is 441 Å². The van der Waals surface area contributed by atoms with Gasteiger partial charge in [0.15, 0.2) is 6.10 Å². The van der Waals surface area contributed by atoms with Crippen LogP contribution in [0.2, 0.25) is 0 Å². The Morgan fingerprint density at radius 3 is 1.14 bits per heavy atom. The Morgan fingerprint density at radius 2 is 0.750 bits per heavy atom. The molecule has 0 rings (SSSR count). The number of ether oxygens (including phenoxy) is 2. The van der Waals surface area contributed by atoms with Crippen LogP contribution in [0.3, 0.4) is 0 Å². The average molecular weight is 1020 g/mol. The highest BCUT2D eigenvalue weighted by molar-refractivity contribution is 7.45. The zero-order valence-electron chi connectivity index (χ0n) is 46.3. The fraction of sp³-hybridized carbons (Fsp3) is 0.645. The molecular weight excluding hydrogens is 918 g/mol. The van der Waals surface area contributed by atoms with E-state index in [1.165, 1.54) is 70.6 Å². The van der Waals surface area contributed by atoms with E-state index < -0.39 is 32.5 Å². The van der Waals surface area contributed by atoms with Crippen LogP contribution in [-0.4, -0.2) is 70.0 Å². The van der Waals surface area contributed by atoms with Crippen LogP contribution >= 0.6 is 7.82 Å². The van der Waals surface area contributed by atoms with Crippen molar-refractivity contribution in [3.05, 3.63) is 122 Å². The van der Waals surface area contributed by atoms with Crippen LogP contribution in [0.1, 0.15) is 206 Å². The Kier molecular flexibility index (Phi) is 49.7. The van der Waals surface area contributed by atoms with Crippen molar-refractivity contribution in [2.75, 3.05) is 47.5 Å². The van der Waals surface area contributed by atoms with E-state index in [-0.39, 0.29) is 26.1 Å². The predicted octanol–water partition coefficient (Wildman–Crippen LogP) is 17.0. The fourth-order valence-corrected chi connectivity index (χ4v) is 7.91. The third kappa shape index (κ3) is 55.7. The number of phosphoric acid groups is 1. The van der Waals surface area contributed by atoms with Crippen LogP contribution in [0.4, 0.5) is 0 Å². The standard InChI is InChI=1S/C62H104NO8P/c1-6-8-10-12-14-16-18-20-22-23-24-25-26-27-28-29-30-31-32-33-34-35-36-37-38-39-41-43-45-47-49-51-53-55-62(65)71-60(59-70-72(66,67)69-57-56-63(3,4)5)58-68-61(64)54-52-50-48-46-44-42-40-21-19-17-15-13-11-9-7-2/h8-11,14-17,20-22,24-25,27-28,30-31,40,44,46,60H,6-7,12-13,18-19,23,26,29,32-39,41-43,45,47-59H2,1-5H3/b10-8-,11-9-,16-14-,17-15-,22-20-,25-24-,28-27-,31-30-,40-21-,46-44-. The molecule has 0 bridgehead atoms. The minimum Gasteiger partial charge on any atom is -0.756 e. The van der Waals surface area contributed by atoms with Crippen LogP contribution in [0.25, 0.3) is 0 Å². The van der Waals surface area contributed by atoms with Gasteiger partial charge in [0.2, 0.25) is 0 Å². The first-order chi connectivity index (χ1) is 35.0. The van der Waals surface area contributed by atoms with E-state index in [0.717, 1.165) is 96.3 Å². The van der Waals surface area contributed by atoms with Crippen LogP contribution in [0.15, 0.2) is 122 Å². The van der Waals surface area contributed by atoms with Crippen molar-refractivity contribution in [2.45, 2.75) is 213 Å². The second kappa shape index (κ2) is 52.3. The molecule has 10 heteroatoms. The molecule has 0 saturated heterocycles. The number of quaternary nitrogens is 1. The normalized spacial score (nSPS) is 14.2. The highest BCUT2D eigenvalue weighted by Crippen LogP contribution is 2.38. The molecule has 2 atom stereocenters. The molecule has 0 saturated carbocycles. The van der Waals surface area contributed by atoms with Gasteiger partial charge in [-0.25, -0.2) is 0 Å². The lowest BCUT2D eigenvalue weighted by Gasteiger charge is -2.28. The summed E-state index contributed by atoms with van der Waals surface area (Å²) < 4.78 is 34.0.